The number of amides is 3. The lowest BCUT2D eigenvalue weighted by Gasteiger charge is -2.46. The third-order valence-electron chi connectivity index (χ3n) is 11.0. The maximum Gasteiger partial charge on any atom is 0.407 e. The van der Waals surface area contributed by atoms with Crippen LogP contribution in [0.1, 0.15) is 186 Å². The van der Waals surface area contributed by atoms with Gasteiger partial charge in [-0.1, -0.05) is 198 Å². The molecule has 0 unspecified atom stereocenters. The zero-order valence-electron chi connectivity index (χ0n) is 34.9. The number of aliphatic hydroxyl groups excluding tert-OH is 3. The van der Waals surface area contributed by atoms with E-state index in [0.717, 1.165) is 50.5 Å². The molecule has 0 bridgehead atoms. The monoisotopic (exact) mass is 776 g/mol. The molecule has 3 amide bonds. The third kappa shape index (κ3) is 22.2. The third-order valence-corrected chi connectivity index (χ3v) is 11.0. The summed E-state index contributed by atoms with van der Waals surface area (Å²) in [6.45, 7) is 4.81. The highest BCUT2D eigenvalue weighted by Gasteiger charge is 2.48. The molecule has 318 valence electrons. The van der Waals surface area contributed by atoms with Crippen molar-refractivity contribution in [2.45, 2.75) is 218 Å². The number of unbranched alkanes of at least 4 members (excludes halogenated alkanes) is 24. The van der Waals surface area contributed by atoms with Gasteiger partial charge in [-0.2, -0.15) is 0 Å². The van der Waals surface area contributed by atoms with Crippen molar-refractivity contribution in [2.24, 2.45) is 0 Å². The molecule has 10 nitrogen and oxygen atoms in total. The van der Waals surface area contributed by atoms with E-state index in [-0.39, 0.29) is 12.6 Å². The van der Waals surface area contributed by atoms with Crippen molar-refractivity contribution in [2.75, 3.05) is 19.7 Å². The van der Waals surface area contributed by atoms with E-state index >= 15 is 0 Å². The zero-order chi connectivity index (χ0) is 39.8. The smallest absolute Gasteiger partial charge is 0.407 e. The average Bonchev–Trinajstić information content (AvgIpc) is 3.20. The molecule has 0 aromatic heterocycles. The van der Waals surface area contributed by atoms with Crippen LogP contribution in [-0.2, 0) is 16.1 Å². The molecule has 0 aliphatic carbocycles. The topological polar surface area (TPSA) is 141 Å². The Kier molecular flexibility index (Phi) is 28.9. The molecular formula is C45H81N3O7. The Hall–Kier alpha value is -2.40. The van der Waals surface area contributed by atoms with Crippen molar-refractivity contribution in [3.05, 3.63) is 35.9 Å². The second kappa shape index (κ2) is 32.7. The molecule has 5 N–H and O–H groups in total. The highest BCUT2D eigenvalue weighted by molar-refractivity contribution is 5.75. The second-order valence-corrected chi connectivity index (χ2v) is 15.9. The fourth-order valence-corrected chi connectivity index (χ4v) is 7.51. The molecular weight excluding hydrogens is 695 g/mol. The normalized spacial score (nSPS) is 19.6. The zero-order valence-corrected chi connectivity index (χ0v) is 34.9. The van der Waals surface area contributed by atoms with E-state index in [1.807, 2.05) is 30.3 Å². The van der Waals surface area contributed by atoms with E-state index in [1.54, 1.807) is 0 Å². The van der Waals surface area contributed by atoms with E-state index in [4.69, 9.17) is 9.47 Å². The number of rotatable bonds is 33. The van der Waals surface area contributed by atoms with Gasteiger partial charge in [-0.3, -0.25) is 4.90 Å². The van der Waals surface area contributed by atoms with Crippen LogP contribution in [0.15, 0.2) is 30.3 Å². The van der Waals surface area contributed by atoms with Crippen LogP contribution in [0.3, 0.4) is 0 Å². The fourth-order valence-electron chi connectivity index (χ4n) is 7.51. The number of carbonyl (C=O) groups excluding carboxylic acids is 2. The summed E-state index contributed by atoms with van der Waals surface area (Å²) < 4.78 is 11.5. The summed E-state index contributed by atoms with van der Waals surface area (Å²) in [5, 5.41) is 37.7. The quantitative estimate of drug-likeness (QED) is 0.0448. The number of carbonyl (C=O) groups is 2. The molecule has 10 heteroatoms. The van der Waals surface area contributed by atoms with Gasteiger partial charge in [0.15, 0.2) is 6.23 Å². The number of nitrogens with zero attached hydrogens (tertiary/aromatic N) is 1. The summed E-state index contributed by atoms with van der Waals surface area (Å²) in [4.78, 5) is 28.3. The maximum absolute atomic E-state index is 13.8. The summed E-state index contributed by atoms with van der Waals surface area (Å²) in [7, 11) is 0. The van der Waals surface area contributed by atoms with Crippen molar-refractivity contribution < 1.29 is 34.4 Å². The minimum Gasteiger partial charge on any atom is -0.445 e. The predicted molar refractivity (Wildman–Crippen MR) is 223 cm³/mol. The van der Waals surface area contributed by atoms with Gasteiger partial charge in [0.05, 0.1) is 6.61 Å². The van der Waals surface area contributed by atoms with E-state index < -0.39 is 43.3 Å². The largest absolute Gasteiger partial charge is 0.445 e. The number of alkyl carbamates (subject to hydrolysis) is 1. The van der Waals surface area contributed by atoms with Crippen LogP contribution in [0.5, 0.6) is 0 Å². The highest BCUT2D eigenvalue weighted by Crippen LogP contribution is 2.25. The Morgan fingerprint density at radius 2 is 1.11 bits per heavy atom. The lowest BCUT2D eigenvalue weighted by Crippen LogP contribution is -2.69. The first-order valence-corrected chi connectivity index (χ1v) is 22.6. The fraction of sp³-hybridized carbons (Fsp3) is 0.822. The van der Waals surface area contributed by atoms with Crippen molar-refractivity contribution in [1.82, 2.24) is 15.5 Å². The van der Waals surface area contributed by atoms with E-state index in [1.165, 1.54) is 127 Å². The predicted octanol–water partition coefficient (Wildman–Crippen LogP) is 9.91. The lowest BCUT2D eigenvalue weighted by molar-refractivity contribution is -0.222. The molecule has 1 saturated heterocycles. The van der Waals surface area contributed by atoms with Crippen LogP contribution < -0.4 is 10.6 Å². The molecule has 2 rings (SSSR count). The molecule has 1 aromatic rings. The van der Waals surface area contributed by atoms with Crippen LogP contribution in [-0.4, -0.2) is 82.6 Å². The van der Waals surface area contributed by atoms with Crippen molar-refractivity contribution in [3.8, 4) is 0 Å². The Balaban J connectivity index is 1.89. The molecule has 1 aromatic carbocycles. The van der Waals surface area contributed by atoms with Crippen LogP contribution in [0, 0.1) is 0 Å². The SMILES string of the molecule is CCCCCCCCCCCCCCCCCCN(C(=O)NCCCCCCCCCCCC)[C@@H]1O[C@H](CO)[C@@H](O)[C@H](O)[C@@H]1NC(=O)OCc1ccccc1. The number of urea groups is 1. The molecule has 1 fully saturated rings. The lowest BCUT2D eigenvalue weighted by atomic mass is 9.95. The Labute approximate surface area is 334 Å². The summed E-state index contributed by atoms with van der Waals surface area (Å²) in [6.07, 6.45) is 25.8. The first-order chi connectivity index (χ1) is 26.9. The molecule has 0 radical (unpaired) electrons. The van der Waals surface area contributed by atoms with Crippen LogP contribution in [0.25, 0.3) is 0 Å². The Bertz CT molecular complexity index is 1060. The molecule has 0 saturated carbocycles. The minimum atomic E-state index is -1.50. The maximum atomic E-state index is 13.8. The molecule has 0 spiro atoms. The van der Waals surface area contributed by atoms with Crippen LogP contribution in [0.4, 0.5) is 9.59 Å². The van der Waals surface area contributed by atoms with Crippen molar-refractivity contribution >= 4 is 12.1 Å². The Morgan fingerprint density at radius 1 is 0.655 bits per heavy atom. The summed E-state index contributed by atoms with van der Waals surface area (Å²) in [6, 6.07) is 7.71. The van der Waals surface area contributed by atoms with E-state index in [2.05, 4.69) is 24.5 Å². The molecule has 1 aliphatic rings. The van der Waals surface area contributed by atoms with Crippen molar-refractivity contribution in [3.63, 3.8) is 0 Å². The molecule has 55 heavy (non-hydrogen) atoms. The summed E-state index contributed by atoms with van der Waals surface area (Å²) >= 11 is 0. The number of benzene rings is 1. The van der Waals surface area contributed by atoms with Gasteiger partial charge in [-0.05, 0) is 18.4 Å². The van der Waals surface area contributed by atoms with E-state index in [9.17, 15) is 24.9 Å². The van der Waals surface area contributed by atoms with Crippen molar-refractivity contribution in [1.29, 1.82) is 0 Å². The Morgan fingerprint density at radius 3 is 1.58 bits per heavy atom. The second-order valence-electron chi connectivity index (χ2n) is 15.9. The summed E-state index contributed by atoms with van der Waals surface area (Å²) in [5.41, 5.74) is 0.798. The number of nitrogens with one attached hydrogen (secondary N) is 2. The highest BCUT2D eigenvalue weighted by atomic mass is 16.6. The number of hydrogen-bond donors (Lipinski definition) is 5. The summed E-state index contributed by atoms with van der Waals surface area (Å²) in [5.74, 6) is 0. The van der Waals surface area contributed by atoms with Crippen LogP contribution in [0.2, 0.25) is 0 Å². The van der Waals surface area contributed by atoms with E-state index in [0.29, 0.717) is 13.1 Å². The van der Waals surface area contributed by atoms with Gasteiger partial charge in [0.1, 0.15) is 31.0 Å². The molecule has 5 atom stereocenters. The average molecular weight is 776 g/mol. The van der Waals surface area contributed by atoms with Gasteiger partial charge in [-0.25, -0.2) is 9.59 Å². The first kappa shape index (κ1) is 48.7. The minimum absolute atomic E-state index is 0.0189. The van der Waals surface area contributed by atoms with Gasteiger partial charge in [0.2, 0.25) is 0 Å². The van der Waals surface area contributed by atoms with Gasteiger partial charge < -0.3 is 35.4 Å². The van der Waals surface area contributed by atoms with Gasteiger partial charge in [0, 0.05) is 13.1 Å². The molecule has 1 heterocycles. The standard InChI is InChI=1S/C45H81N3O7/c1-3-5-7-9-11-13-15-16-17-18-19-20-22-24-26-31-35-48(44(52)46-34-30-25-23-21-14-12-10-8-6-4-2)43-40(42(51)41(50)39(36-49)55-43)47-45(53)54-37-38-32-28-27-29-33-38/h27-29,32-33,39-43,49-51H,3-26,30-31,34-37H2,1-2H3,(H,46,52)(H,47,53)/t39-,40+,41-,42-,43-/m1/s1. The number of ether oxygens (including phenoxy) is 2. The van der Waals surface area contributed by atoms with Crippen LogP contribution >= 0.6 is 0 Å². The van der Waals surface area contributed by atoms with Gasteiger partial charge in [-0.15, -0.1) is 0 Å². The number of hydrogen-bond acceptors (Lipinski definition) is 7. The first-order valence-electron chi connectivity index (χ1n) is 22.6. The number of aliphatic hydroxyl groups is 3. The van der Waals surface area contributed by atoms with Gasteiger partial charge in [0.25, 0.3) is 0 Å². The molecule has 1 aliphatic heterocycles. The van der Waals surface area contributed by atoms with Gasteiger partial charge >= 0.3 is 12.1 Å².